The van der Waals surface area contributed by atoms with E-state index in [0.29, 0.717) is 47.7 Å². The third-order valence-electron chi connectivity index (χ3n) is 6.96. The lowest BCUT2D eigenvalue weighted by molar-refractivity contribution is -0.122. The van der Waals surface area contributed by atoms with Gasteiger partial charge in [0.2, 0.25) is 5.91 Å². The number of nitrogens with one attached hydrogen (secondary N) is 1. The largest absolute Gasteiger partial charge is 0.493 e. The fourth-order valence-corrected chi connectivity index (χ4v) is 5.39. The second-order valence-electron chi connectivity index (χ2n) is 8.77. The maximum Gasteiger partial charge on any atom is 0.261 e. The smallest absolute Gasteiger partial charge is 0.261 e. The zero-order valence-corrected chi connectivity index (χ0v) is 18.0. The SMILES string of the molecule is COc1cc2ncn(CCCC(=O)N[C@@H](C)[C@H]3C[C@H]4CC[C@H]3C4)c(=O)c2cc1OC. The van der Waals surface area contributed by atoms with Crippen molar-refractivity contribution in [2.24, 2.45) is 17.8 Å². The van der Waals surface area contributed by atoms with Crippen LogP contribution < -0.4 is 20.3 Å². The molecular formula is C23H31N3O4. The third kappa shape index (κ3) is 4.02. The molecule has 0 radical (unpaired) electrons. The quantitative estimate of drug-likeness (QED) is 0.719. The van der Waals surface area contributed by atoms with Crippen molar-refractivity contribution >= 4 is 16.8 Å². The van der Waals surface area contributed by atoms with Crippen LogP contribution in [0.3, 0.4) is 0 Å². The van der Waals surface area contributed by atoms with Gasteiger partial charge >= 0.3 is 0 Å². The van der Waals surface area contributed by atoms with E-state index >= 15 is 0 Å². The molecule has 1 aromatic carbocycles. The molecule has 1 aromatic heterocycles. The van der Waals surface area contributed by atoms with Crippen LogP contribution in [0.5, 0.6) is 11.5 Å². The summed E-state index contributed by atoms with van der Waals surface area (Å²) >= 11 is 0. The van der Waals surface area contributed by atoms with Crippen molar-refractivity contribution in [1.82, 2.24) is 14.9 Å². The molecule has 4 atom stereocenters. The Morgan fingerprint density at radius 1 is 1.23 bits per heavy atom. The summed E-state index contributed by atoms with van der Waals surface area (Å²) in [4.78, 5) is 29.6. The molecule has 30 heavy (non-hydrogen) atoms. The molecule has 4 rings (SSSR count). The van der Waals surface area contributed by atoms with Crippen LogP contribution in [0.2, 0.25) is 0 Å². The number of rotatable bonds is 8. The van der Waals surface area contributed by atoms with Gasteiger partial charge in [0.15, 0.2) is 11.5 Å². The number of methoxy groups -OCH3 is 2. The first-order valence-electron chi connectivity index (χ1n) is 10.9. The van der Waals surface area contributed by atoms with E-state index in [1.54, 1.807) is 23.8 Å². The number of carbonyl (C=O) groups excluding carboxylic acids is 1. The van der Waals surface area contributed by atoms with Crippen LogP contribution in [-0.2, 0) is 11.3 Å². The predicted molar refractivity (Wildman–Crippen MR) is 115 cm³/mol. The highest BCUT2D eigenvalue weighted by atomic mass is 16.5. The summed E-state index contributed by atoms with van der Waals surface area (Å²) in [5.74, 6) is 3.41. The Balaban J connectivity index is 1.34. The maximum atomic E-state index is 12.8. The van der Waals surface area contributed by atoms with Gasteiger partial charge < -0.3 is 14.8 Å². The molecule has 0 aliphatic heterocycles. The van der Waals surface area contributed by atoms with Crippen LogP contribution in [0, 0.1) is 17.8 Å². The van der Waals surface area contributed by atoms with E-state index < -0.39 is 0 Å². The van der Waals surface area contributed by atoms with Gasteiger partial charge in [0.1, 0.15) is 0 Å². The van der Waals surface area contributed by atoms with Crippen molar-refractivity contribution in [2.75, 3.05) is 14.2 Å². The number of fused-ring (bicyclic) bond motifs is 3. The number of benzene rings is 1. The Labute approximate surface area is 176 Å². The molecule has 7 nitrogen and oxygen atoms in total. The molecule has 0 spiro atoms. The predicted octanol–water partition coefficient (Wildman–Crippen LogP) is 3.13. The van der Waals surface area contributed by atoms with E-state index in [0.717, 1.165) is 11.8 Å². The average molecular weight is 414 g/mol. The van der Waals surface area contributed by atoms with Crippen molar-refractivity contribution < 1.29 is 14.3 Å². The van der Waals surface area contributed by atoms with E-state index in [-0.39, 0.29) is 17.5 Å². The topological polar surface area (TPSA) is 82.5 Å². The highest BCUT2D eigenvalue weighted by molar-refractivity contribution is 5.81. The first-order chi connectivity index (χ1) is 14.5. The Morgan fingerprint density at radius 3 is 2.67 bits per heavy atom. The summed E-state index contributed by atoms with van der Waals surface area (Å²) < 4.78 is 12.1. The van der Waals surface area contributed by atoms with Crippen molar-refractivity contribution in [1.29, 1.82) is 0 Å². The van der Waals surface area contributed by atoms with Gasteiger partial charge in [-0.3, -0.25) is 14.2 Å². The molecular weight excluding hydrogens is 382 g/mol. The van der Waals surface area contributed by atoms with Crippen LogP contribution in [0.4, 0.5) is 0 Å². The van der Waals surface area contributed by atoms with Gasteiger partial charge in [0, 0.05) is 25.1 Å². The molecule has 7 heteroatoms. The molecule has 0 unspecified atom stereocenters. The molecule has 2 saturated carbocycles. The van der Waals surface area contributed by atoms with E-state index in [2.05, 4.69) is 17.2 Å². The number of amides is 1. The highest BCUT2D eigenvalue weighted by Gasteiger charge is 2.42. The summed E-state index contributed by atoms with van der Waals surface area (Å²) in [6.07, 6.45) is 7.83. The Morgan fingerprint density at radius 2 is 2.00 bits per heavy atom. The molecule has 1 N–H and O–H groups in total. The Hall–Kier alpha value is -2.57. The number of nitrogens with zero attached hydrogens (tertiary/aromatic N) is 2. The van der Waals surface area contributed by atoms with Crippen LogP contribution in [0.25, 0.3) is 10.9 Å². The average Bonchev–Trinajstić information content (AvgIpc) is 3.38. The zero-order chi connectivity index (χ0) is 21.3. The van der Waals surface area contributed by atoms with Gasteiger partial charge in [-0.15, -0.1) is 0 Å². The summed E-state index contributed by atoms with van der Waals surface area (Å²) in [5, 5.41) is 3.67. The number of ether oxygens (including phenoxy) is 2. The van der Waals surface area contributed by atoms with E-state index in [1.165, 1.54) is 39.1 Å². The summed E-state index contributed by atoms with van der Waals surface area (Å²) in [7, 11) is 3.09. The van der Waals surface area contributed by atoms with Crippen molar-refractivity contribution in [2.45, 2.75) is 58.0 Å². The molecule has 2 aliphatic carbocycles. The van der Waals surface area contributed by atoms with Crippen LogP contribution >= 0.6 is 0 Å². The summed E-state index contributed by atoms with van der Waals surface area (Å²) in [6.45, 7) is 2.59. The monoisotopic (exact) mass is 413 g/mol. The second kappa shape index (κ2) is 8.66. The first kappa shape index (κ1) is 20.7. The minimum absolute atomic E-state index is 0.0680. The number of carbonyl (C=O) groups is 1. The van der Waals surface area contributed by atoms with E-state index in [1.807, 2.05) is 0 Å². The van der Waals surface area contributed by atoms with Crippen LogP contribution in [0.15, 0.2) is 23.3 Å². The Kier molecular flexibility index (Phi) is 5.97. The lowest BCUT2D eigenvalue weighted by atomic mass is 9.84. The van der Waals surface area contributed by atoms with Crippen molar-refractivity contribution in [3.8, 4) is 11.5 Å². The molecule has 162 valence electrons. The maximum absolute atomic E-state index is 12.8. The normalized spacial score (nSPS) is 23.5. The lowest BCUT2D eigenvalue weighted by Crippen LogP contribution is -2.40. The second-order valence-corrected chi connectivity index (χ2v) is 8.77. The number of aryl methyl sites for hydroxylation is 1. The standard InChI is InChI=1S/C23H31N3O4/c1-14(17-10-15-6-7-16(17)9-15)25-22(27)5-4-8-26-13-24-19-12-21(30-3)20(29-2)11-18(19)23(26)28/h11-17H,4-10H2,1-3H3,(H,25,27)/t14-,15-,16-,17+/m0/s1. The summed E-state index contributed by atoms with van der Waals surface area (Å²) in [6, 6.07) is 3.59. The molecule has 2 aromatic rings. The van der Waals surface area contributed by atoms with E-state index in [4.69, 9.17) is 9.47 Å². The Bertz CT molecular complexity index is 986. The molecule has 2 bridgehead atoms. The molecule has 0 saturated heterocycles. The van der Waals surface area contributed by atoms with Gasteiger partial charge in [-0.1, -0.05) is 6.42 Å². The molecule has 2 fully saturated rings. The fourth-order valence-electron chi connectivity index (χ4n) is 5.39. The first-order valence-corrected chi connectivity index (χ1v) is 10.9. The van der Waals surface area contributed by atoms with Gasteiger partial charge in [0.05, 0.1) is 31.4 Å². The van der Waals surface area contributed by atoms with Gasteiger partial charge in [-0.2, -0.15) is 0 Å². The number of aromatic nitrogens is 2. The molecule has 2 aliphatic rings. The van der Waals surface area contributed by atoms with Gasteiger partial charge in [0.25, 0.3) is 5.56 Å². The van der Waals surface area contributed by atoms with Crippen molar-refractivity contribution in [3.63, 3.8) is 0 Å². The minimum atomic E-state index is -0.142. The third-order valence-corrected chi connectivity index (χ3v) is 6.96. The highest BCUT2D eigenvalue weighted by Crippen LogP contribution is 2.49. The van der Waals surface area contributed by atoms with Gasteiger partial charge in [-0.05, 0) is 56.4 Å². The van der Waals surface area contributed by atoms with Crippen molar-refractivity contribution in [3.05, 3.63) is 28.8 Å². The van der Waals surface area contributed by atoms with Crippen LogP contribution in [0.1, 0.15) is 45.4 Å². The minimum Gasteiger partial charge on any atom is -0.493 e. The van der Waals surface area contributed by atoms with E-state index in [9.17, 15) is 9.59 Å². The van der Waals surface area contributed by atoms with Crippen LogP contribution in [-0.4, -0.2) is 35.7 Å². The zero-order valence-electron chi connectivity index (χ0n) is 18.0. The molecule has 1 amide bonds. The fraction of sp³-hybridized carbons (Fsp3) is 0.609. The number of hydrogen-bond acceptors (Lipinski definition) is 5. The van der Waals surface area contributed by atoms with Gasteiger partial charge in [-0.25, -0.2) is 4.98 Å². The summed E-state index contributed by atoms with van der Waals surface area (Å²) in [5.41, 5.74) is 0.419. The molecule has 1 heterocycles. The number of hydrogen-bond donors (Lipinski definition) is 1. The lowest BCUT2D eigenvalue weighted by Gasteiger charge is -2.28.